The molecule has 5 nitrogen and oxygen atoms in total. The van der Waals surface area contributed by atoms with E-state index in [9.17, 15) is 22.8 Å². The van der Waals surface area contributed by atoms with E-state index < -0.39 is 36.0 Å². The van der Waals surface area contributed by atoms with Gasteiger partial charge in [-0.25, -0.2) is 0 Å². The van der Waals surface area contributed by atoms with Crippen molar-refractivity contribution in [1.82, 2.24) is 0 Å². The second-order valence-electron chi connectivity index (χ2n) is 6.24. The molecular weight excluding hydrogens is 363 g/mol. The lowest BCUT2D eigenvalue weighted by molar-refractivity contribution is -0.185. The summed E-state index contributed by atoms with van der Waals surface area (Å²) in [5, 5.41) is 9.00. The number of ether oxygens (including phenoxy) is 1. The van der Waals surface area contributed by atoms with E-state index in [1.807, 2.05) is 36.4 Å². The first kappa shape index (κ1) is 18.9. The Bertz CT molecular complexity index is 836. The van der Waals surface area contributed by atoms with Gasteiger partial charge in [0.15, 0.2) is 5.92 Å². The maximum Gasteiger partial charge on any atom is 0.405 e. The van der Waals surface area contributed by atoms with E-state index in [0.29, 0.717) is 0 Å². The van der Waals surface area contributed by atoms with Crippen LogP contribution in [-0.4, -0.2) is 35.9 Å². The third kappa shape index (κ3) is 3.52. The van der Waals surface area contributed by atoms with Gasteiger partial charge in [-0.1, -0.05) is 48.5 Å². The van der Waals surface area contributed by atoms with Crippen molar-refractivity contribution in [2.75, 3.05) is 6.61 Å². The van der Waals surface area contributed by atoms with Gasteiger partial charge in [-0.15, -0.1) is 0 Å². The molecule has 0 aliphatic heterocycles. The number of rotatable bonds is 5. The minimum atomic E-state index is -5.03. The Morgan fingerprint density at radius 2 is 1.52 bits per heavy atom. The van der Waals surface area contributed by atoms with Crippen LogP contribution in [0.1, 0.15) is 17.0 Å². The molecule has 0 bridgehead atoms. The van der Waals surface area contributed by atoms with Gasteiger partial charge in [-0.3, -0.25) is 9.59 Å². The number of halogens is 3. The van der Waals surface area contributed by atoms with E-state index in [1.54, 1.807) is 12.1 Å². The lowest BCUT2D eigenvalue weighted by atomic mass is 9.97. The topological polar surface area (TPSA) is 89.6 Å². The van der Waals surface area contributed by atoms with Gasteiger partial charge in [0.25, 0.3) is 0 Å². The highest BCUT2D eigenvalue weighted by Crippen LogP contribution is 2.44. The number of fused-ring (bicyclic) bond motifs is 3. The molecular formula is C19H16F3NO4. The maximum absolute atomic E-state index is 12.8. The molecule has 0 fully saturated rings. The Morgan fingerprint density at radius 3 is 1.96 bits per heavy atom. The zero-order valence-corrected chi connectivity index (χ0v) is 13.9. The zero-order chi connectivity index (χ0) is 19.8. The fraction of sp³-hybridized carbons (Fsp3) is 0.263. The van der Waals surface area contributed by atoms with Crippen LogP contribution in [0.4, 0.5) is 13.2 Å². The Balaban J connectivity index is 1.82. The summed E-state index contributed by atoms with van der Waals surface area (Å²) in [6, 6.07) is 11.9. The van der Waals surface area contributed by atoms with Crippen molar-refractivity contribution in [2.24, 2.45) is 11.7 Å². The third-order valence-electron chi connectivity index (χ3n) is 4.61. The second-order valence-corrected chi connectivity index (χ2v) is 6.24. The molecule has 0 spiro atoms. The van der Waals surface area contributed by atoms with Gasteiger partial charge in [0, 0.05) is 5.92 Å². The Labute approximate surface area is 152 Å². The summed E-state index contributed by atoms with van der Waals surface area (Å²) in [4.78, 5) is 23.2. The van der Waals surface area contributed by atoms with Gasteiger partial charge in [0.05, 0.1) is 0 Å². The molecule has 3 rings (SSSR count). The molecule has 27 heavy (non-hydrogen) atoms. The number of carbonyl (C=O) groups excluding carboxylic acids is 1. The third-order valence-corrected chi connectivity index (χ3v) is 4.61. The lowest BCUT2D eigenvalue weighted by Gasteiger charge is -2.22. The molecule has 2 aromatic carbocycles. The van der Waals surface area contributed by atoms with Crippen molar-refractivity contribution in [2.45, 2.75) is 18.1 Å². The van der Waals surface area contributed by atoms with Gasteiger partial charge in [-0.05, 0) is 22.3 Å². The van der Waals surface area contributed by atoms with Gasteiger partial charge in [0.1, 0.15) is 12.6 Å². The maximum atomic E-state index is 12.8. The molecule has 1 aliphatic rings. The van der Waals surface area contributed by atoms with Crippen molar-refractivity contribution in [3.63, 3.8) is 0 Å². The van der Waals surface area contributed by atoms with Gasteiger partial charge in [-0.2, -0.15) is 13.2 Å². The summed E-state index contributed by atoms with van der Waals surface area (Å²) in [5.74, 6) is -6.39. The van der Waals surface area contributed by atoms with Crippen molar-refractivity contribution >= 4 is 11.9 Å². The number of carbonyl (C=O) groups is 2. The van der Waals surface area contributed by atoms with E-state index in [0.717, 1.165) is 22.3 Å². The number of hydrogen-bond acceptors (Lipinski definition) is 4. The van der Waals surface area contributed by atoms with E-state index in [2.05, 4.69) is 0 Å². The van der Waals surface area contributed by atoms with Crippen LogP contribution in [0.5, 0.6) is 0 Å². The van der Waals surface area contributed by atoms with Gasteiger partial charge in [0.2, 0.25) is 0 Å². The van der Waals surface area contributed by atoms with E-state index in [-0.39, 0.29) is 6.61 Å². The van der Waals surface area contributed by atoms with Crippen LogP contribution >= 0.6 is 0 Å². The Morgan fingerprint density at radius 1 is 1.04 bits per heavy atom. The molecule has 2 aromatic rings. The molecule has 0 heterocycles. The quantitative estimate of drug-likeness (QED) is 0.616. The predicted octanol–water partition coefficient (Wildman–Crippen LogP) is 2.93. The molecule has 8 heteroatoms. The van der Waals surface area contributed by atoms with E-state index in [4.69, 9.17) is 15.6 Å². The molecule has 2 atom stereocenters. The molecule has 0 saturated heterocycles. The van der Waals surface area contributed by atoms with E-state index >= 15 is 0 Å². The molecule has 0 radical (unpaired) electrons. The number of carboxylic acids is 1. The largest absolute Gasteiger partial charge is 0.481 e. The van der Waals surface area contributed by atoms with Crippen LogP contribution in [-0.2, 0) is 14.3 Å². The highest BCUT2D eigenvalue weighted by molar-refractivity contribution is 5.95. The molecule has 0 amide bonds. The normalized spacial score (nSPS) is 15.6. The van der Waals surface area contributed by atoms with Crippen LogP contribution in [0.3, 0.4) is 0 Å². The van der Waals surface area contributed by atoms with Crippen molar-refractivity contribution < 1.29 is 32.6 Å². The second kappa shape index (κ2) is 7.03. The van der Waals surface area contributed by atoms with Crippen LogP contribution < -0.4 is 5.73 Å². The van der Waals surface area contributed by atoms with Gasteiger partial charge < -0.3 is 15.6 Å². The van der Waals surface area contributed by atoms with Crippen molar-refractivity contribution in [3.8, 4) is 11.1 Å². The highest BCUT2D eigenvalue weighted by Gasteiger charge is 2.49. The summed E-state index contributed by atoms with van der Waals surface area (Å²) in [7, 11) is 0. The highest BCUT2D eigenvalue weighted by atomic mass is 19.4. The number of carboxylic acid groups (broad SMARTS) is 1. The number of hydrogen-bond donors (Lipinski definition) is 2. The molecule has 0 aromatic heterocycles. The average Bonchev–Trinajstić information content (AvgIpc) is 2.93. The standard InChI is InChI=1S/C19H16F3NO4/c20-19(21,22)16(23)15(17(24)25)18(26)27-9-14-12-7-3-1-5-10(12)11-6-2-4-8-13(11)14/h1-8,14-16H,9,23H2,(H,24,25). The number of alkyl halides is 3. The summed E-state index contributed by atoms with van der Waals surface area (Å²) < 4.78 is 43.3. The summed E-state index contributed by atoms with van der Waals surface area (Å²) in [5.41, 5.74) is 8.53. The fourth-order valence-electron chi connectivity index (χ4n) is 3.28. The minimum Gasteiger partial charge on any atom is -0.481 e. The molecule has 2 unspecified atom stereocenters. The fourth-order valence-corrected chi connectivity index (χ4v) is 3.28. The zero-order valence-electron chi connectivity index (χ0n) is 13.9. The Hall–Kier alpha value is -2.87. The smallest absolute Gasteiger partial charge is 0.405 e. The first-order valence-corrected chi connectivity index (χ1v) is 8.11. The molecule has 3 N–H and O–H groups in total. The summed E-state index contributed by atoms with van der Waals surface area (Å²) in [6.45, 7) is -0.277. The molecule has 142 valence electrons. The number of esters is 1. The minimum absolute atomic E-state index is 0.277. The molecule has 1 aliphatic carbocycles. The first-order valence-electron chi connectivity index (χ1n) is 8.11. The summed E-state index contributed by atoms with van der Waals surface area (Å²) >= 11 is 0. The van der Waals surface area contributed by atoms with Crippen LogP contribution in [0.25, 0.3) is 11.1 Å². The Kier molecular flexibility index (Phi) is 4.93. The van der Waals surface area contributed by atoms with Crippen LogP contribution in [0.2, 0.25) is 0 Å². The molecule has 0 saturated carbocycles. The lowest BCUT2D eigenvalue weighted by Crippen LogP contribution is -2.50. The average molecular weight is 379 g/mol. The monoisotopic (exact) mass is 379 g/mol. The number of nitrogens with two attached hydrogens (primary N) is 1. The van der Waals surface area contributed by atoms with Gasteiger partial charge >= 0.3 is 18.1 Å². The van der Waals surface area contributed by atoms with E-state index in [1.165, 1.54) is 0 Å². The van der Waals surface area contributed by atoms with Crippen molar-refractivity contribution in [3.05, 3.63) is 59.7 Å². The number of aliphatic carboxylic acids is 1. The number of benzene rings is 2. The van der Waals surface area contributed by atoms with Crippen LogP contribution in [0, 0.1) is 5.92 Å². The first-order chi connectivity index (χ1) is 12.7. The SMILES string of the molecule is NC(C(C(=O)O)C(=O)OCC1c2ccccc2-c2ccccc21)C(F)(F)F. The van der Waals surface area contributed by atoms with Crippen LogP contribution in [0.15, 0.2) is 48.5 Å². The predicted molar refractivity (Wildman–Crippen MR) is 89.8 cm³/mol. The van der Waals surface area contributed by atoms with Crippen molar-refractivity contribution in [1.29, 1.82) is 0 Å². The summed E-state index contributed by atoms with van der Waals surface area (Å²) in [6.07, 6.45) is -5.03.